The maximum atomic E-state index is 2.46. The molecule has 0 aliphatic rings. The second kappa shape index (κ2) is 7.60. The van der Waals surface area contributed by atoms with Gasteiger partial charge in [0.1, 0.15) is 0 Å². The molecule has 0 bridgehead atoms. The van der Waals surface area contributed by atoms with Crippen molar-refractivity contribution in [3.63, 3.8) is 0 Å². The Balaban J connectivity index is 0. The first-order valence-electron chi connectivity index (χ1n) is 2.31. The third-order valence-electron chi connectivity index (χ3n) is 0.462. The second-order valence-electron chi connectivity index (χ2n) is 2.04. The molecular weight excluding hydrogens is 161 g/mol. The summed E-state index contributed by atoms with van der Waals surface area (Å²) in [7, 11) is 0.528. The van der Waals surface area contributed by atoms with Crippen LogP contribution in [0.2, 0.25) is 0 Å². The predicted octanol–water partition coefficient (Wildman–Crippen LogP) is -0.407. The van der Waals surface area contributed by atoms with Gasteiger partial charge < -0.3 is 0 Å². The maximum Gasteiger partial charge on any atom is 1.00 e. The minimum atomic E-state index is 0. The van der Waals surface area contributed by atoms with Crippen LogP contribution in [0.15, 0.2) is 0 Å². The van der Waals surface area contributed by atoms with E-state index in [9.17, 15) is 0 Å². The van der Waals surface area contributed by atoms with Crippen molar-refractivity contribution in [1.82, 2.24) is 0 Å². The fourth-order valence-electron chi connectivity index (χ4n) is 0.462. The van der Waals surface area contributed by atoms with E-state index < -0.39 is 0 Å². The van der Waals surface area contributed by atoms with Gasteiger partial charge in [0, 0.05) is 0 Å². The second-order valence-corrected chi connectivity index (χ2v) is 6.82. The van der Waals surface area contributed by atoms with Crippen molar-refractivity contribution in [2.75, 3.05) is 26.7 Å². The Labute approximate surface area is 98.1 Å². The first-order valence-corrected chi connectivity index (χ1v) is 6.92. The molecule has 0 aliphatic carbocycles. The van der Waals surface area contributed by atoms with Gasteiger partial charge in [0.25, 0.3) is 0 Å². The van der Waals surface area contributed by atoms with Crippen LogP contribution in [0, 0.1) is 5.90 Å². The van der Waals surface area contributed by atoms with Gasteiger partial charge in [-0.05, 0) is 0 Å². The SMILES string of the molecule is CP(C)[CH-]P(C)C.[K+]. The van der Waals surface area contributed by atoms with E-state index in [2.05, 4.69) is 32.6 Å². The van der Waals surface area contributed by atoms with Gasteiger partial charge in [-0.3, -0.25) is 21.7 Å². The molecule has 0 N–H and O–H groups in total. The molecule has 0 amide bonds. The summed E-state index contributed by atoms with van der Waals surface area (Å²) < 4.78 is 0. The Bertz CT molecular complexity index is 39.7. The first-order chi connectivity index (χ1) is 3.13. The molecule has 0 spiro atoms. The van der Waals surface area contributed by atoms with E-state index in [1.165, 1.54) is 0 Å². The smallest absolute Gasteiger partial charge is 0.277 e. The van der Waals surface area contributed by atoms with Gasteiger partial charge in [0.15, 0.2) is 0 Å². The zero-order chi connectivity index (χ0) is 5.86. The molecule has 0 saturated heterocycles. The van der Waals surface area contributed by atoms with Gasteiger partial charge in [0.2, 0.25) is 0 Å². The summed E-state index contributed by atoms with van der Waals surface area (Å²) in [6, 6.07) is 0. The van der Waals surface area contributed by atoms with Crippen molar-refractivity contribution in [2.45, 2.75) is 0 Å². The van der Waals surface area contributed by atoms with Gasteiger partial charge in [-0.15, -0.1) is 0 Å². The Morgan fingerprint density at radius 1 is 0.875 bits per heavy atom. The maximum absolute atomic E-state index is 2.46. The average Bonchev–Trinajstić information content (AvgIpc) is 1.27. The van der Waals surface area contributed by atoms with Crippen LogP contribution in [0.3, 0.4) is 0 Å². The largest absolute Gasteiger partial charge is 1.00 e. The number of rotatable bonds is 2. The third-order valence-corrected chi connectivity index (χ3v) is 4.16. The van der Waals surface area contributed by atoms with E-state index in [1.54, 1.807) is 0 Å². The molecule has 8 heavy (non-hydrogen) atoms. The van der Waals surface area contributed by atoms with Crippen molar-refractivity contribution in [2.24, 2.45) is 0 Å². The van der Waals surface area contributed by atoms with E-state index >= 15 is 0 Å². The van der Waals surface area contributed by atoms with Crippen LogP contribution >= 0.6 is 15.8 Å². The zero-order valence-electron chi connectivity index (χ0n) is 6.47. The Hall–Kier alpha value is 2.50. The summed E-state index contributed by atoms with van der Waals surface area (Å²) in [5.41, 5.74) is 0. The van der Waals surface area contributed by atoms with E-state index in [1.807, 2.05) is 0 Å². The number of hydrogen-bond acceptors (Lipinski definition) is 0. The molecule has 0 fully saturated rings. The summed E-state index contributed by atoms with van der Waals surface area (Å²) >= 11 is 0. The van der Waals surface area contributed by atoms with Gasteiger partial charge in [-0.1, -0.05) is 26.7 Å². The quantitative estimate of drug-likeness (QED) is 0.303. The molecule has 0 saturated carbocycles. The van der Waals surface area contributed by atoms with Crippen molar-refractivity contribution in [3.05, 3.63) is 5.90 Å². The summed E-state index contributed by atoms with van der Waals surface area (Å²) in [4.78, 5) is 0. The van der Waals surface area contributed by atoms with Crippen LogP contribution in [-0.4, -0.2) is 26.7 Å². The molecule has 0 aromatic rings. The van der Waals surface area contributed by atoms with Gasteiger partial charge >= 0.3 is 51.4 Å². The molecule has 0 aromatic heterocycles. The van der Waals surface area contributed by atoms with Crippen LogP contribution in [0.4, 0.5) is 0 Å². The monoisotopic (exact) mass is 174 g/mol. The average molecular weight is 174 g/mol. The molecule has 0 rings (SSSR count). The van der Waals surface area contributed by atoms with Crippen LogP contribution in [0.25, 0.3) is 0 Å². The molecule has 3 heteroatoms. The third kappa shape index (κ3) is 11.3. The molecule has 0 atom stereocenters. The van der Waals surface area contributed by atoms with Crippen LogP contribution in [0.5, 0.6) is 0 Å². The van der Waals surface area contributed by atoms with Crippen LogP contribution < -0.4 is 51.4 Å². The van der Waals surface area contributed by atoms with Crippen LogP contribution in [0.1, 0.15) is 0 Å². The summed E-state index contributed by atoms with van der Waals surface area (Å²) in [5, 5.41) is 0. The summed E-state index contributed by atoms with van der Waals surface area (Å²) in [5.74, 6) is 2.46. The first kappa shape index (κ1) is 13.1. The molecule has 0 heterocycles. The molecule has 44 valence electrons. The molecule has 0 aromatic carbocycles. The Kier molecular flexibility index (Phi) is 12.5. The van der Waals surface area contributed by atoms with Gasteiger partial charge in [-0.25, -0.2) is 0 Å². The van der Waals surface area contributed by atoms with Crippen molar-refractivity contribution >= 4 is 15.8 Å². The minimum Gasteiger partial charge on any atom is -0.277 e. The van der Waals surface area contributed by atoms with Crippen molar-refractivity contribution < 1.29 is 51.4 Å². The molecule has 0 unspecified atom stereocenters. The van der Waals surface area contributed by atoms with Crippen molar-refractivity contribution in [3.8, 4) is 0 Å². The zero-order valence-corrected chi connectivity index (χ0v) is 11.4. The fraction of sp³-hybridized carbons (Fsp3) is 0.800. The Morgan fingerprint density at radius 3 is 1.12 bits per heavy atom. The standard InChI is InChI=1S/C5H13P2.K/c1-6(2)5-7(3)4;/h5H,1-4H3;/q-1;+1. The molecule has 0 nitrogen and oxygen atoms in total. The minimum absolute atomic E-state index is 0. The van der Waals surface area contributed by atoms with E-state index in [0.717, 1.165) is 0 Å². The normalized spacial score (nSPS) is 9.75. The summed E-state index contributed by atoms with van der Waals surface area (Å²) in [6.45, 7) is 9.16. The fourth-order valence-corrected chi connectivity index (χ4v) is 4.16. The van der Waals surface area contributed by atoms with E-state index in [0.29, 0.717) is 0 Å². The molecule has 0 radical (unpaired) electrons. The van der Waals surface area contributed by atoms with Gasteiger partial charge in [-0.2, -0.15) is 0 Å². The summed E-state index contributed by atoms with van der Waals surface area (Å²) in [6.07, 6.45) is 0. The van der Waals surface area contributed by atoms with E-state index in [-0.39, 0.29) is 67.2 Å². The number of hydrogen-bond donors (Lipinski definition) is 0. The topological polar surface area (TPSA) is 0 Å². The van der Waals surface area contributed by atoms with Crippen LogP contribution in [-0.2, 0) is 0 Å². The molecular formula is C5H13KP2. The van der Waals surface area contributed by atoms with Crippen molar-refractivity contribution in [1.29, 1.82) is 0 Å². The molecule has 0 aliphatic heterocycles. The predicted molar refractivity (Wildman–Crippen MR) is 41.8 cm³/mol. The van der Waals surface area contributed by atoms with Gasteiger partial charge in [0.05, 0.1) is 0 Å². The Morgan fingerprint density at radius 2 is 1.12 bits per heavy atom. The van der Waals surface area contributed by atoms with E-state index in [4.69, 9.17) is 0 Å².